The average molecular weight is 427 g/mol. The summed E-state index contributed by atoms with van der Waals surface area (Å²) in [4.78, 5) is 27.4. The maximum Gasteiger partial charge on any atom is 0.251 e. The van der Waals surface area contributed by atoms with Crippen LogP contribution in [-0.4, -0.2) is 28.1 Å². The molecule has 0 spiro atoms. The minimum Gasteiger partial charge on any atom is -0.322 e. The zero-order valence-electron chi connectivity index (χ0n) is 18.3. The van der Waals surface area contributed by atoms with Gasteiger partial charge in [0, 0.05) is 35.7 Å². The SMILES string of the molecule is CCN1C(=O)C[C@@H](c2cccc(NC(=O)C3=CCC3)c2)c2c(C)nn(-c3ccccc3)c21. The van der Waals surface area contributed by atoms with Gasteiger partial charge in [-0.3, -0.25) is 14.5 Å². The summed E-state index contributed by atoms with van der Waals surface area (Å²) in [5.41, 5.74) is 5.50. The lowest BCUT2D eigenvalue weighted by Gasteiger charge is -2.32. The molecule has 1 aliphatic carbocycles. The fourth-order valence-electron chi connectivity index (χ4n) is 4.60. The molecular formula is C26H26N4O2. The van der Waals surface area contributed by atoms with E-state index >= 15 is 0 Å². The predicted molar refractivity (Wildman–Crippen MR) is 125 cm³/mol. The molecule has 5 rings (SSSR count). The summed E-state index contributed by atoms with van der Waals surface area (Å²) in [6.07, 6.45) is 4.14. The fraction of sp³-hybridized carbons (Fsp3) is 0.269. The summed E-state index contributed by atoms with van der Waals surface area (Å²) in [6, 6.07) is 17.8. The van der Waals surface area contributed by atoms with Crippen molar-refractivity contribution in [2.75, 3.05) is 16.8 Å². The average Bonchev–Trinajstić information content (AvgIpc) is 3.10. The van der Waals surface area contributed by atoms with Crippen molar-refractivity contribution in [3.8, 4) is 5.69 Å². The number of nitrogens with one attached hydrogen (secondary N) is 1. The first kappa shape index (κ1) is 20.2. The number of aryl methyl sites for hydroxylation is 1. The highest BCUT2D eigenvalue weighted by molar-refractivity contribution is 6.04. The Morgan fingerprint density at radius 2 is 1.94 bits per heavy atom. The topological polar surface area (TPSA) is 67.2 Å². The summed E-state index contributed by atoms with van der Waals surface area (Å²) in [5.74, 6) is 0.763. The van der Waals surface area contributed by atoms with Gasteiger partial charge in [-0.2, -0.15) is 5.10 Å². The molecule has 162 valence electrons. The minimum atomic E-state index is -0.113. The molecule has 3 aromatic rings. The van der Waals surface area contributed by atoms with Gasteiger partial charge >= 0.3 is 0 Å². The second-order valence-corrected chi connectivity index (χ2v) is 8.31. The second-order valence-electron chi connectivity index (χ2n) is 8.31. The van der Waals surface area contributed by atoms with Gasteiger partial charge in [-0.05, 0) is 56.5 Å². The lowest BCUT2D eigenvalue weighted by Crippen LogP contribution is -2.38. The summed E-state index contributed by atoms with van der Waals surface area (Å²) in [6.45, 7) is 4.58. The molecular weight excluding hydrogens is 400 g/mol. The molecule has 6 heteroatoms. The molecule has 0 bridgehead atoms. The molecule has 0 saturated carbocycles. The van der Waals surface area contributed by atoms with Crippen molar-refractivity contribution in [1.29, 1.82) is 0 Å². The van der Waals surface area contributed by atoms with Crippen LogP contribution in [0.2, 0.25) is 0 Å². The zero-order chi connectivity index (χ0) is 22.2. The second kappa shape index (κ2) is 8.11. The van der Waals surface area contributed by atoms with Crippen molar-refractivity contribution in [2.45, 2.75) is 39.0 Å². The van der Waals surface area contributed by atoms with Gasteiger partial charge in [-0.25, -0.2) is 4.68 Å². The van der Waals surface area contributed by atoms with Gasteiger partial charge in [0.15, 0.2) is 0 Å². The molecule has 2 aliphatic rings. The highest BCUT2D eigenvalue weighted by Gasteiger charge is 2.37. The van der Waals surface area contributed by atoms with Crippen molar-refractivity contribution in [3.05, 3.63) is 83.1 Å². The first-order chi connectivity index (χ1) is 15.6. The molecule has 0 unspecified atom stereocenters. The van der Waals surface area contributed by atoms with E-state index in [4.69, 9.17) is 5.10 Å². The Kier molecular flexibility index (Phi) is 5.13. The van der Waals surface area contributed by atoms with Crippen molar-refractivity contribution in [2.24, 2.45) is 0 Å². The Bertz CT molecular complexity index is 1230. The van der Waals surface area contributed by atoms with Crippen molar-refractivity contribution >= 4 is 23.3 Å². The predicted octanol–water partition coefficient (Wildman–Crippen LogP) is 4.73. The summed E-state index contributed by atoms with van der Waals surface area (Å²) in [5, 5.41) is 7.83. The number of para-hydroxylation sites is 1. The number of hydrogen-bond donors (Lipinski definition) is 1. The van der Waals surface area contributed by atoms with Crippen LogP contribution in [0.15, 0.2) is 66.2 Å². The molecule has 2 heterocycles. The lowest BCUT2D eigenvalue weighted by atomic mass is 9.85. The summed E-state index contributed by atoms with van der Waals surface area (Å²) < 4.78 is 1.88. The Morgan fingerprint density at radius 1 is 1.16 bits per heavy atom. The van der Waals surface area contributed by atoms with E-state index in [1.165, 1.54) is 0 Å². The quantitative estimate of drug-likeness (QED) is 0.641. The van der Waals surface area contributed by atoms with E-state index in [0.29, 0.717) is 13.0 Å². The minimum absolute atomic E-state index is 0.0426. The number of aromatic nitrogens is 2. The van der Waals surface area contributed by atoms with E-state index in [9.17, 15) is 9.59 Å². The molecule has 32 heavy (non-hydrogen) atoms. The Balaban J connectivity index is 1.57. The van der Waals surface area contributed by atoms with Crippen LogP contribution in [0.5, 0.6) is 0 Å². The van der Waals surface area contributed by atoms with Crippen molar-refractivity contribution in [1.82, 2.24) is 9.78 Å². The van der Waals surface area contributed by atoms with E-state index < -0.39 is 0 Å². The zero-order valence-corrected chi connectivity index (χ0v) is 18.3. The van der Waals surface area contributed by atoms with Gasteiger partial charge in [-0.15, -0.1) is 0 Å². The third kappa shape index (κ3) is 3.42. The Hall–Kier alpha value is -3.67. The monoisotopic (exact) mass is 426 g/mol. The number of carbonyl (C=O) groups is 2. The third-order valence-electron chi connectivity index (χ3n) is 6.33. The molecule has 2 amide bonds. The molecule has 0 radical (unpaired) electrons. The fourth-order valence-corrected chi connectivity index (χ4v) is 4.60. The molecule has 2 aromatic carbocycles. The van der Waals surface area contributed by atoms with E-state index in [1.807, 2.05) is 84.1 Å². The maximum atomic E-state index is 13.2. The number of hydrogen-bond acceptors (Lipinski definition) is 3. The highest BCUT2D eigenvalue weighted by Crippen LogP contribution is 2.43. The van der Waals surface area contributed by atoms with Crippen LogP contribution in [0.4, 0.5) is 11.5 Å². The van der Waals surface area contributed by atoms with Gasteiger partial charge in [0.2, 0.25) is 5.91 Å². The van der Waals surface area contributed by atoms with Crippen LogP contribution >= 0.6 is 0 Å². The first-order valence-corrected chi connectivity index (χ1v) is 11.1. The molecule has 0 saturated heterocycles. The standard InChI is InChI=1S/C26H26N4O2/c1-3-29-23(31)16-22(19-11-8-12-20(15-19)27-25(32)18-9-7-10-18)24-17(2)28-30(26(24)29)21-13-5-4-6-14-21/h4-6,8-9,11-15,22H,3,7,10,16H2,1-2H3,(H,27,32)/t22-/m0/s1. The summed E-state index contributed by atoms with van der Waals surface area (Å²) >= 11 is 0. The van der Waals surface area contributed by atoms with Crippen molar-refractivity contribution < 1.29 is 9.59 Å². The number of anilines is 2. The molecule has 0 fully saturated rings. The van der Waals surface area contributed by atoms with Gasteiger partial charge in [-0.1, -0.05) is 36.4 Å². The number of nitrogens with zero attached hydrogens (tertiary/aromatic N) is 3. The van der Waals surface area contributed by atoms with E-state index in [1.54, 1.807) is 0 Å². The lowest BCUT2D eigenvalue weighted by molar-refractivity contribution is -0.119. The van der Waals surface area contributed by atoms with Crippen LogP contribution in [0.25, 0.3) is 5.69 Å². The first-order valence-electron chi connectivity index (χ1n) is 11.1. The van der Waals surface area contributed by atoms with Gasteiger partial charge < -0.3 is 5.32 Å². The van der Waals surface area contributed by atoms with Crippen LogP contribution < -0.4 is 10.2 Å². The van der Waals surface area contributed by atoms with E-state index in [0.717, 1.165) is 52.4 Å². The number of carbonyl (C=O) groups excluding carboxylic acids is 2. The molecule has 6 nitrogen and oxygen atoms in total. The third-order valence-corrected chi connectivity index (χ3v) is 6.33. The number of fused-ring (bicyclic) bond motifs is 1. The van der Waals surface area contributed by atoms with Crippen LogP contribution in [0.1, 0.15) is 48.9 Å². The van der Waals surface area contributed by atoms with Crippen LogP contribution in [0.3, 0.4) is 0 Å². The molecule has 1 aromatic heterocycles. The van der Waals surface area contributed by atoms with Crippen LogP contribution in [-0.2, 0) is 9.59 Å². The number of allylic oxidation sites excluding steroid dienone is 1. The summed E-state index contributed by atoms with van der Waals surface area (Å²) in [7, 11) is 0. The number of benzene rings is 2. The molecule has 1 aliphatic heterocycles. The van der Waals surface area contributed by atoms with E-state index in [2.05, 4.69) is 5.32 Å². The normalized spacial score (nSPS) is 17.4. The highest BCUT2D eigenvalue weighted by atomic mass is 16.2. The number of amides is 2. The van der Waals surface area contributed by atoms with Gasteiger partial charge in [0.1, 0.15) is 5.82 Å². The van der Waals surface area contributed by atoms with Crippen LogP contribution in [0, 0.1) is 6.92 Å². The largest absolute Gasteiger partial charge is 0.322 e. The van der Waals surface area contributed by atoms with E-state index in [-0.39, 0.29) is 17.7 Å². The smallest absolute Gasteiger partial charge is 0.251 e. The maximum absolute atomic E-state index is 13.2. The van der Waals surface area contributed by atoms with Crippen molar-refractivity contribution in [3.63, 3.8) is 0 Å². The Morgan fingerprint density at radius 3 is 2.62 bits per heavy atom. The van der Waals surface area contributed by atoms with Gasteiger partial charge in [0.05, 0.1) is 11.4 Å². The number of rotatable bonds is 5. The Labute approximate surface area is 187 Å². The molecule has 1 atom stereocenters. The molecule has 1 N–H and O–H groups in total. The van der Waals surface area contributed by atoms with Gasteiger partial charge in [0.25, 0.3) is 5.91 Å².